The van der Waals surface area contributed by atoms with Crippen LogP contribution in [0.4, 0.5) is 4.39 Å². The van der Waals surface area contributed by atoms with Crippen molar-refractivity contribution in [2.24, 2.45) is 17.3 Å². The van der Waals surface area contributed by atoms with Gasteiger partial charge in [0.1, 0.15) is 0 Å². The molecule has 0 aromatic rings. The second kappa shape index (κ2) is 8.96. The van der Waals surface area contributed by atoms with Crippen LogP contribution in [0.3, 0.4) is 0 Å². The van der Waals surface area contributed by atoms with Gasteiger partial charge in [-0.1, -0.05) is 57.9 Å². The monoisotopic (exact) mass is 294 g/mol. The standard InChI is InChI=1S/C20H35F/c1-2-3-14-20(15-6-4-7-16-20)19-12-10-18(11-13-19)9-5-8-17-21/h8,17-19H,2-7,9-16H2,1H3/b17-8+/t18-,19-. The van der Waals surface area contributed by atoms with Crippen molar-refractivity contribution in [1.29, 1.82) is 0 Å². The molecule has 0 aliphatic heterocycles. The van der Waals surface area contributed by atoms with E-state index >= 15 is 0 Å². The van der Waals surface area contributed by atoms with E-state index in [1.165, 1.54) is 83.5 Å². The molecular weight excluding hydrogens is 259 g/mol. The summed E-state index contributed by atoms with van der Waals surface area (Å²) < 4.78 is 12.0. The Morgan fingerprint density at radius 2 is 1.76 bits per heavy atom. The molecule has 0 atom stereocenters. The zero-order valence-electron chi connectivity index (χ0n) is 14.1. The summed E-state index contributed by atoms with van der Waals surface area (Å²) >= 11 is 0. The lowest BCUT2D eigenvalue weighted by Crippen LogP contribution is -2.35. The number of halogens is 1. The summed E-state index contributed by atoms with van der Waals surface area (Å²) in [5.41, 5.74) is 0.706. The van der Waals surface area contributed by atoms with Crippen LogP contribution in [0.1, 0.15) is 96.8 Å². The molecule has 0 amide bonds. The fourth-order valence-corrected chi connectivity index (χ4v) is 5.11. The third-order valence-electron chi connectivity index (χ3n) is 6.42. The molecule has 2 saturated carbocycles. The maximum absolute atomic E-state index is 12.0. The van der Waals surface area contributed by atoms with Crippen LogP contribution in [-0.2, 0) is 0 Å². The minimum Gasteiger partial charge on any atom is -0.216 e. The van der Waals surface area contributed by atoms with Crippen molar-refractivity contribution >= 4 is 0 Å². The van der Waals surface area contributed by atoms with Crippen LogP contribution in [0.2, 0.25) is 0 Å². The Hall–Kier alpha value is -0.330. The summed E-state index contributed by atoms with van der Waals surface area (Å²) in [5.74, 6) is 1.86. The molecule has 21 heavy (non-hydrogen) atoms. The summed E-state index contributed by atoms with van der Waals surface area (Å²) in [4.78, 5) is 0. The van der Waals surface area contributed by atoms with Gasteiger partial charge in [0.25, 0.3) is 0 Å². The number of rotatable bonds is 7. The predicted octanol–water partition coefficient (Wildman–Crippen LogP) is 7.20. The predicted molar refractivity (Wildman–Crippen MR) is 90.0 cm³/mol. The molecule has 122 valence electrons. The normalized spacial score (nSPS) is 29.8. The lowest BCUT2D eigenvalue weighted by atomic mass is 9.58. The van der Waals surface area contributed by atoms with E-state index < -0.39 is 0 Å². The zero-order valence-corrected chi connectivity index (χ0v) is 14.1. The average Bonchev–Trinajstić information content (AvgIpc) is 2.55. The molecule has 0 nitrogen and oxygen atoms in total. The largest absolute Gasteiger partial charge is 0.216 e. The van der Waals surface area contributed by atoms with Gasteiger partial charge < -0.3 is 0 Å². The Kier molecular flexibility index (Phi) is 7.26. The smallest absolute Gasteiger partial charge is 0.0827 e. The summed E-state index contributed by atoms with van der Waals surface area (Å²) in [6.45, 7) is 2.34. The van der Waals surface area contributed by atoms with Crippen LogP contribution < -0.4 is 0 Å². The second-order valence-corrected chi connectivity index (χ2v) is 7.68. The van der Waals surface area contributed by atoms with Gasteiger partial charge in [-0.25, -0.2) is 4.39 Å². The molecule has 1 heteroatoms. The maximum Gasteiger partial charge on any atom is 0.0827 e. The Balaban J connectivity index is 1.85. The highest BCUT2D eigenvalue weighted by atomic mass is 19.1. The van der Waals surface area contributed by atoms with Gasteiger partial charge in [0.05, 0.1) is 6.33 Å². The van der Waals surface area contributed by atoms with E-state index in [1.54, 1.807) is 6.08 Å². The van der Waals surface area contributed by atoms with E-state index in [1.807, 2.05) is 0 Å². The molecule has 0 spiro atoms. The maximum atomic E-state index is 12.0. The lowest BCUT2D eigenvalue weighted by molar-refractivity contribution is 0.0431. The van der Waals surface area contributed by atoms with E-state index in [0.29, 0.717) is 11.7 Å². The first-order valence-electron chi connectivity index (χ1n) is 9.56. The van der Waals surface area contributed by atoms with Crippen LogP contribution in [0.25, 0.3) is 0 Å². The molecule has 0 N–H and O–H groups in total. The number of hydrogen-bond donors (Lipinski definition) is 0. The van der Waals surface area contributed by atoms with Crippen molar-refractivity contribution in [3.8, 4) is 0 Å². The fraction of sp³-hybridized carbons (Fsp3) is 0.900. The first-order valence-corrected chi connectivity index (χ1v) is 9.56. The lowest BCUT2D eigenvalue weighted by Gasteiger charge is -2.47. The molecule has 0 bridgehead atoms. The van der Waals surface area contributed by atoms with Gasteiger partial charge in [0.15, 0.2) is 0 Å². The van der Waals surface area contributed by atoms with Gasteiger partial charge in [-0.2, -0.15) is 0 Å². The topological polar surface area (TPSA) is 0 Å². The molecular formula is C20H35F. The highest BCUT2D eigenvalue weighted by molar-refractivity contribution is 4.91. The molecule has 0 aromatic carbocycles. The van der Waals surface area contributed by atoms with Crippen molar-refractivity contribution in [3.05, 3.63) is 12.4 Å². The van der Waals surface area contributed by atoms with E-state index in [0.717, 1.165) is 18.3 Å². The van der Waals surface area contributed by atoms with Gasteiger partial charge >= 0.3 is 0 Å². The number of allylic oxidation sites excluding steroid dienone is 1. The van der Waals surface area contributed by atoms with Gasteiger partial charge in [-0.3, -0.25) is 0 Å². The molecule has 2 aliphatic carbocycles. The van der Waals surface area contributed by atoms with Gasteiger partial charge in [-0.15, -0.1) is 0 Å². The Morgan fingerprint density at radius 1 is 1.05 bits per heavy atom. The van der Waals surface area contributed by atoms with Gasteiger partial charge in [-0.05, 0) is 62.2 Å². The van der Waals surface area contributed by atoms with E-state index in [9.17, 15) is 4.39 Å². The summed E-state index contributed by atoms with van der Waals surface area (Å²) in [5, 5.41) is 0. The Bertz CT molecular complexity index is 293. The molecule has 0 unspecified atom stereocenters. The molecule has 0 aromatic heterocycles. The van der Waals surface area contributed by atoms with Crippen molar-refractivity contribution in [2.75, 3.05) is 0 Å². The number of hydrogen-bond acceptors (Lipinski definition) is 0. The van der Waals surface area contributed by atoms with Crippen LogP contribution in [-0.4, -0.2) is 0 Å². The minimum absolute atomic E-state index is 0.706. The van der Waals surface area contributed by atoms with Crippen LogP contribution in [0.5, 0.6) is 0 Å². The highest BCUT2D eigenvalue weighted by Crippen LogP contribution is 2.52. The number of unbranched alkanes of at least 4 members (excludes halogenated alkanes) is 1. The SMILES string of the molecule is CCCCC1([C@H]2CC[C@H](CC/C=C/F)CC2)CCCCC1. The third kappa shape index (κ3) is 4.83. The third-order valence-corrected chi connectivity index (χ3v) is 6.42. The molecule has 0 saturated heterocycles. The Labute approximate surface area is 131 Å². The summed E-state index contributed by atoms with van der Waals surface area (Å²) in [7, 11) is 0. The van der Waals surface area contributed by atoms with Crippen LogP contribution >= 0.6 is 0 Å². The highest BCUT2D eigenvalue weighted by Gasteiger charge is 2.40. The average molecular weight is 294 g/mol. The van der Waals surface area contributed by atoms with E-state index in [2.05, 4.69) is 6.92 Å². The van der Waals surface area contributed by atoms with Crippen molar-refractivity contribution in [3.63, 3.8) is 0 Å². The summed E-state index contributed by atoms with van der Waals surface area (Å²) in [6, 6.07) is 0. The van der Waals surface area contributed by atoms with Gasteiger partial charge in [0, 0.05) is 0 Å². The zero-order chi connectivity index (χ0) is 15.0. The van der Waals surface area contributed by atoms with Crippen molar-refractivity contribution in [2.45, 2.75) is 96.8 Å². The van der Waals surface area contributed by atoms with Crippen molar-refractivity contribution < 1.29 is 4.39 Å². The fourth-order valence-electron chi connectivity index (χ4n) is 5.11. The van der Waals surface area contributed by atoms with E-state index in [-0.39, 0.29) is 0 Å². The van der Waals surface area contributed by atoms with Crippen molar-refractivity contribution in [1.82, 2.24) is 0 Å². The molecule has 0 radical (unpaired) electrons. The molecule has 2 fully saturated rings. The van der Waals surface area contributed by atoms with Gasteiger partial charge in [0.2, 0.25) is 0 Å². The van der Waals surface area contributed by atoms with Crippen LogP contribution in [0.15, 0.2) is 12.4 Å². The molecule has 2 aliphatic rings. The first kappa shape index (κ1) is 17.0. The summed E-state index contributed by atoms with van der Waals surface area (Å²) in [6.07, 6.45) is 22.0. The quantitative estimate of drug-likeness (QED) is 0.466. The first-order chi connectivity index (χ1) is 10.3. The molecule has 0 heterocycles. The second-order valence-electron chi connectivity index (χ2n) is 7.68. The molecule has 2 rings (SSSR count). The Morgan fingerprint density at radius 3 is 2.38 bits per heavy atom. The van der Waals surface area contributed by atoms with E-state index in [4.69, 9.17) is 0 Å². The minimum atomic E-state index is 0.706. The van der Waals surface area contributed by atoms with Crippen LogP contribution in [0, 0.1) is 17.3 Å².